The third kappa shape index (κ3) is 2.90. The van der Waals surface area contributed by atoms with Gasteiger partial charge in [0.25, 0.3) is 0 Å². The van der Waals surface area contributed by atoms with E-state index >= 15 is 0 Å². The maximum Gasteiger partial charge on any atom is 0.343 e. The van der Waals surface area contributed by atoms with Crippen LogP contribution in [0, 0.1) is 5.92 Å². The number of carbonyl (C=O) groups excluding carboxylic acids is 1. The predicted octanol–water partition coefficient (Wildman–Crippen LogP) is 2.23. The van der Waals surface area contributed by atoms with Gasteiger partial charge in [0.1, 0.15) is 11.3 Å². The molecule has 0 unspecified atom stereocenters. The number of carbonyl (C=O) groups is 1. The summed E-state index contributed by atoms with van der Waals surface area (Å²) in [5.41, 5.74) is 6.48. The Balaban J connectivity index is 2.07. The van der Waals surface area contributed by atoms with Gasteiger partial charge in [-0.05, 0) is 24.5 Å². The van der Waals surface area contributed by atoms with Crippen molar-refractivity contribution in [3.63, 3.8) is 0 Å². The Hall–Kier alpha value is -1.71. The van der Waals surface area contributed by atoms with E-state index in [9.17, 15) is 4.79 Å². The van der Waals surface area contributed by atoms with Gasteiger partial charge in [-0.3, -0.25) is 0 Å². The number of nitrogen functional groups attached to an aromatic ring is 1. The van der Waals surface area contributed by atoms with E-state index < -0.39 is 5.97 Å². The number of methoxy groups -OCH3 is 1. The summed E-state index contributed by atoms with van der Waals surface area (Å²) in [6, 6.07) is 5.18. The van der Waals surface area contributed by atoms with Gasteiger partial charge in [-0.25, -0.2) is 4.79 Å². The molecule has 0 radical (unpaired) electrons. The molecule has 0 bridgehead atoms. The lowest BCUT2D eigenvalue weighted by Crippen LogP contribution is -2.09. The van der Waals surface area contributed by atoms with Crippen LogP contribution in [0.25, 0.3) is 0 Å². The van der Waals surface area contributed by atoms with Gasteiger partial charge in [0.05, 0.1) is 13.7 Å². The summed E-state index contributed by atoms with van der Waals surface area (Å²) in [6.45, 7) is 0.623. The number of hydrogen-bond donors (Lipinski definition) is 1. The zero-order chi connectivity index (χ0) is 12.3. The van der Waals surface area contributed by atoms with Crippen molar-refractivity contribution in [2.24, 2.45) is 5.92 Å². The molecule has 2 rings (SSSR count). The van der Waals surface area contributed by atoms with E-state index in [2.05, 4.69) is 0 Å². The zero-order valence-corrected chi connectivity index (χ0v) is 9.94. The normalized spacial score (nSPS) is 14.4. The Morgan fingerprint density at radius 1 is 1.47 bits per heavy atom. The summed E-state index contributed by atoms with van der Waals surface area (Å²) in [4.78, 5) is 11.6. The van der Waals surface area contributed by atoms with Crippen molar-refractivity contribution in [2.75, 3.05) is 19.5 Å². The fraction of sp³-hybridized carbons (Fsp3) is 0.462. The highest BCUT2D eigenvalue weighted by Crippen LogP contribution is 2.33. The number of nitrogens with two attached hydrogens (primary N) is 1. The van der Waals surface area contributed by atoms with E-state index in [1.54, 1.807) is 18.2 Å². The minimum absolute atomic E-state index is 0.325. The minimum Gasteiger partial charge on any atom is -0.493 e. The van der Waals surface area contributed by atoms with Crippen LogP contribution in [-0.2, 0) is 4.74 Å². The molecule has 1 aromatic rings. The fourth-order valence-electron chi connectivity index (χ4n) is 1.73. The van der Waals surface area contributed by atoms with E-state index in [0.29, 0.717) is 23.6 Å². The van der Waals surface area contributed by atoms with Crippen LogP contribution in [-0.4, -0.2) is 19.7 Å². The van der Waals surface area contributed by atoms with Crippen molar-refractivity contribution in [3.8, 4) is 5.75 Å². The van der Waals surface area contributed by atoms with E-state index in [1.165, 1.54) is 20.0 Å². The van der Waals surface area contributed by atoms with E-state index in [1.807, 2.05) is 0 Å². The number of rotatable bonds is 5. The minimum atomic E-state index is -0.454. The molecule has 1 fully saturated rings. The van der Waals surface area contributed by atoms with Gasteiger partial charge in [-0.15, -0.1) is 0 Å². The molecule has 0 aliphatic heterocycles. The molecule has 0 heterocycles. The first-order valence-electron chi connectivity index (χ1n) is 5.82. The first-order chi connectivity index (χ1) is 8.22. The smallest absolute Gasteiger partial charge is 0.343 e. The van der Waals surface area contributed by atoms with E-state index in [4.69, 9.17) is 15.2 Å². The number of ether oxygens (including phenoxy) is 2. The predicted molar refractivity (Wildman–Crippen MR) is 65.0 cm³/mol. The summed E-state index contributed by atoms with van der Waals surface area (Å²) in [7, 11) is 1.34. The first-order valence-corrected chi connectivity index (χ1v) is 5.82. The van der Waals surface area contributed by atoms with Crippen molar-refractivity contribution in [3.05, 3.63) is 23.8 Å². The van der Waals surface area contributed by atoms with Gasteiger partial charge in [0.15, 0.2) is 0 Å². The Labute approximate surface area is 101 Å². The zero-order valence-electron chi connectivity index (χ0n) is 9.94. The molecule has 17 heavy (non-hydrogen) atoms. The lowest BCUT2D eigenvalue weighted by atomic mass is 10.1. The van der Waals surface area contributed by atoms with E-state index in [0.717, 1.165) is 12.3 Å². The van der Waals surface area contributed by atoms with Gasteiger partial charge in [0, 0.05) is 5.69 Å². The molecule has 4 nitrogen and oxygen atoms in total. The molecule has 2 N–H and O–H groups in total. The monoisotopic (exact) mass is 235 g/mol. The van der Waals surface area contributed by atoms with Crippen LogP contribution in [0.15, 0.2) is 18.2 Å². The largest absolute Gasteiger partial charge is 0.493 e. The lowest BCUT2D eigenvalue weighted by Gasteiger charge is -2.11. The van der Waals surface area contributed by atoms with Crippen LogP contribution in [0.2, 0.25) is 0 Å². The molecule has 92 valence electrons. The summed E-state index contributed by atoms with van der Waals surface area (Å²) < 4.78 is 10.3. The van der Waals surface area contributed by atoms with Gasteiger partial charge in [-0.1, -0.05) is 18.9 Å². The number of esters is 1. The molecule has 0 amide bonds. The van der Waals surface area contributed by atoms with Crippen LogP contribution in [0.5, 0.6) is 5.75 Å². The molecule has 0 saturated heterocycles. The van der Waals surface area contributed by atoms with Crippen LogP contribution in [0.4, 0.5) is 5.69 Å². The van der Waals surface area contributed by atoms with Crippen molar-refractivity contribution < 1.29 is 14.3 Å². The van der Waals surface area contributed by atoms with Crippen LogP contribution >= 0.6 is 0 Å². The highest BCUT2D eigenvalue weighted by Gasteiger charge is 2.22. The van der Waals surface area contributed by atoms with Crippen molar-refractivity contribution in [1.82, 2.24) is 0 Å². The highest BCUT2D eigenvalue weighted by molar-refractivity contribution is 5.98. The summed E-state index contributed by atoms with van der Waals surface area (Å²) in [6.07, 6.45) is 3.63. The molecule has 1 aliphatic rings. The highest BCUT2D eigenvalue weighted by atomic mass is 16.5. The maximum absolute atomic E-state index is 11.6. The van der Waals surface area contributed by atoms with Crippen molar-refractivity contribution >= 4 is 11.7 Å². The topological polar surface area (TPSA) is 61.5 Å². The number of hydrogen-bond acceptors (Lipinski definition) is 4. The second-order valence-corrected chi connectivity index (χ2v) is 4.29. The fourth-order valence-corrected chi connectivity index (χ4v) is 1.73. The van der Waals surface area contributed by atoms with Gasteiger partial charge >= 0.3 is 5.97 Å². The van der Waals surface area contributed by atoms with Crippen LogP contribution in [0.1, 0.15) is 29.6 Å². The Morgan fingerprint density at radius 2 is 2.24 bits per heavy atom. The molecule has 0 atom stereocenters. The first kappa shape index (κ1) is 11.8. The van der Waals surface area contributed by atoms with Gasteiger partial charge < -0.3 is 15.2 Å². The van der Waals surface area contributed by atoms with Gasteiger partial charge in [-0.2, -0.15) is 0 Å². The van der Waals surface area contributed by atoms with Crippen molar-refractivity contribution in [1.29, 1.82) is 0 Å². The second kappa shape index (κ2) is 5.08. The standard InChI is InChI=1S/C13H17NO3/c1-16-13(15)12-10(14)3-2-4-11(12)17-8-7-9-5-6-9/h2-4,9H,5-8,14H2,1H3. The average Bonchev–Trinajstić information content (AvgIpc) is 3.12. The van der Waals surface area contributed by atoms with Gasteiger partial charge in [0.2, 0.25) is 0 Å². The summed E-state index contributed by atoms with van der Waals surface area (Å²) in [5.74, 6) is 0.861. The third-order valence-electron chi connectivity index (χ3n) is 2.93. The summed E-state index contributed by atoms with van der Waals surface area (Å²) >= 11 is 0. The summed E-state index contributed by atoms with van der Waals surface area (Å²) in [5, 5.41) is 0. The number of benzene rings is 1. The molecular formula is C13H17NO3. The molecule has 0 spiro atoms. The van der Waals surface area contributed by atoms with Crippen LogP contribution < -0.4 is 10.5 Å². The second-order valence-electron chi connectivity index (χ2n) is 4.29. The Morgan fingerprint density at radius 3 is 2.88 bits per heavy atom. The third-order valence-corrected chi connectivity index (χ3v) is 2.93. The molecule has 1 aromatic carbocycles. The maximum atomic E-state index is 11.6. The number of anilines is 1. The molecule has 1 aliphatic carbocycles. The molecule has 0 aromatic heterocycles. The Kier molecular flexibility index (Phi) is 3.52. The Bertz CT molecular complexity index is 413. The lowest BCUT2D eigenvalue weighted by molar-refractivity contribution is 0.0597. The molecule has 1 saturated carbocycles. The SMILES string of the molecule is COC(=O)c1c(N)cccc1OCCC1CC1. The molecule has 4 heteroatoms. The van der Waals surface area contributed by atoms with Crippen molar-refractivity contribution in [2.45, 2.75) is 19.3 Å². The average molecular weight is 235 g/mol. The quantitative estimate of drug-likeness (QED) is 0.628. The van der Waals surface area contributed by atoms with E-state index in [-0.39, 0.29) is 0 Å². The molecular weight excluding hydrogens is 218 g/mol. The van der Waals surface area contributed by atoms with Crippen LogP contribution in [0.3, 0.4) is 0 Å².